The molecule has 0 N–H and O–H groups in total. The van der Waals surface area contributed by atoms with E-state index in [1.807, 2.05) is 31.7 Å². The van der Waals surface area contributed by atoms with Crippen molar-refractivity contribution in [2.75, 3.05) is 14.1 Å². The summed E-state index contributed by atoms with van der Waals surface area (Å²) >= 11 is 0. The lowest BCUT2D eigenvalue weighted by Gasteiger charge is -1.67. The van der Waals surface area contributed by atoms with E-state index in [2.05, 4.69) is 5.87 Å². The maximum absolute atomic E-state index is 2.92. The van der Waals surface area contributed by atoms with Crippen molar-refractivity contribution in [2.45, 2.75) is 6.92 Å². The molecule has 0 saturated carbocycles. The number of hydrogen-bond acceptors (Lipinski definition) is 0. The van der Waals surface area contributed by atoms with Crippen LogP contribution in [0.15, 0.2) is 6.08 Å². The Kier molecular flexibility index (Phi) is 2.43. The Balaban J connectivity index is 3.73. The molecule has 0 aromatic rings. The third kappa shape index (κ3) is 3.45. The van der Waals surface area contributed by atoms with Gasteiger partial charge in [0.25, 0.3) is 0 Å². The van der Waals surface area contributed by atoms with Crippen LogP contribution in [0.1, 0.15) is 6.92 Å². The molecule has 0 aromatic heterocycles. The van der Waals surface area contributed by atoms with Gasteiger partial charge in [0, 0.05) is 6.08 Å². The Morgan fingerprint density at radius 2 is 2.00 bits per heavy atom. The highest BCUT2D eigenvalue weighted by Gasteiger charge is 1.64. The van der Waals surface area contributed by atoms with E-state index in [1.54, 1.807) is 0 Å². The molecule has 0 radical (unpaired) electrons. The summed E-state index contributed by atoms with van der Waals surface area (Å²) in [5.74, 6) is 2.92. The predicted molar refractivity (Wildman–Crippen MR) is 27.4 cm³/mol. The first-order valence-corrected chi connectivity index (χ1v) is 1.98. The van der Waals surface area contributed by atoms with Crippen LogP contribution in [-0.2, 0) is 0 Å². The predicted octanol–water partition coefficient (Wildman–Crippen LogP) is 0.504. The average molecular weight is 84.1 g/mol. The summed E-state index contributed by atoms with van der Waals surface area (Å²) in [4.78, 5) is 0. The molecule has 0 amide bonds. The van der Waals surface area contributed by atoms with Gasteiger partial charge in [0.05, 0.1) is 0 Å². The second-order valence-electron chi connectivity index (χ2n) is 1.31. The summed E-state index contributed by atoms with van der Waals surface area (Å²) < 4.78 is 1.88. The van der Waals surface area contributed by atoms with Gasteiger partial charge in [-0.05, 0) is 6.92 Å². The SMILES string of the molecule is CC=C=[N+](C)C. The van der Waals surface area contributed by atoms with Crippen molar-refractivity contribution in [1.29, 1.82) is 0 Å². The number of nitrogens with zero attached hydrogens (tertiary/aromatic N) is 1. The van der Waals surface area contributed by atoms with E-state index in [9.17, 15) is 0 Å². The largest absolute Gasteiger partial charge is 0.194 e. The van der Waals surface area contributed by atoms with Gasteiger partial charge in [-0.25, -0.2) is 0 Å². The quantitative estimate of drug-likeness (QED) is 0.297. The zero-order chi connectivity index (χ0) is 4.99. The summed E-state index contributed by atoms with van der Waals surface area (Å²) in [6.45, 7) is 1.94. The highest BCUT2D eigenvalue weighted by molar-refractivity contribution is 5.44. The van der Waals surface area contributed by atoms with Gasteiger partial charge >= 0.3 is 0 Å². The highest BCUT2D eigenvalue weighted by Crippen LogP contribution is 1.47. The van der Waals surface area contributed by atoms with Gasteiger partial charge in [0.15, 0.2) is 5.87 Å². The van der Waals surface area contributed by atoms with Crippen LogP contribution >= 0.6 is 0 Å². The fourth-order valence-electron chi connectivity index (χ4n) is 0.258. The minimum atomic E-state index is 1.88. The molecule has 0 bridgehead atoms. The van der Waals surface area contributed by atoms with Crippen molar-refractivity contribution < 1.29 is 4.58 Å². The van der Waals surface area contributed by atoms with Crippen LogP contribution < -0.4 is 0 Å². The second-order valence-corrected chi connectivity index (χ2v) is 1.31. The van der Waals surface area contributed by atoms with Crippen molar-refractivity contribution in [3.05, 3.63) is 6.08 Å². The summed E-state index contributed by atoms with van der Waals surface area (Å²) in [6.07, 6.45) is 1.88. The molecule has 34 valence electrons. The molecule has 0 aliphatic heterocycles. The van der Waals surface area contributed by atoms with E-state index in [0.717, 1.165) is 0 Å². The van der Waals surface area contributed by atoms with Gasteiger partial charge in [-0.1, -0.05) is 0 Å². The molecule has 0 unspecified atom stereocenters. The average Bonchev–Trinajstić information content (AvgIpc) is 1.35. The number of rotatable bonds is 0. The Morgan fingerprint density at radius 1 is 1.50 bits per heavy atom. The van der Waals surface area contributed by atoms with E-state index in [1.165, 1.54) is 0 Å². The molecule has 0 saturated heterocycles. The number of allylic oxidation sites excluding steroid dienone is 1. The molecule has 0 rings (SSSR count). The van der Waals surface area contributed by atoms with Crippen LogP contribution in [0.4, 0.5) is 0 Å². The van der Waals surface area contributed by atoms with Crippen LogP contribution in [-0.4, -0.2) is 24.5 Å². The van der Waals surface area contributed by atoms with Crippen molar-refractivity contribution in [3.8, 4) is 0 Å². The van der Waals surface area contributed by atoms with Crippen LogP contribution in [0.25, 0.3) is 0 Å². The molecule has 0 aliphatic carbocycles. The van der Waals surface area contributed by atoms with Gasteiger partial charge in [0.2, 0.25) is 0 Å². The molecule has 0 spiro atoms. The number of hydrogen-bond donors (Lipinski definition) is 0. The molecule has 0 fully saturated rings. The Morgan fingerprint density at radius 3 is 2.00 bits per heavy atom. The Hall–Kier alpha value is -0.550. The summed E-state index contributed by atoms with van der Waals surface area (Å²) in [5, 5.41) is 0. The summed E-state index contributed by atoms with van der Waals surface area (Å²) in [5.41, 5.74) is 0. The topological polar surface area (TPSA) is 3.01 Å². The van der Waals surface area contributed by atoms with Crippen molar-refractivity contribution in [3.63, 3.8) is 0 Å². The molecule has 1 nitrogen and oxygen atoms in total. The van der Waals surface area contributed by atoms with Gasteiger partial charge < -0.3 is 0 Å². The Bertz CT molecular complexity index is 82.1. The summed E-state index contributed by atoms with van der Waals surface area (Å²) in [6, 6.07) is 0. The van der Waals surface area contributed by atoms with E-state index in [-0.39, 0.29) is 0 Å². The van der Waals surface area contributed by atoms with Crippen molar-refractivity contribution in [2.24, 2.45) is 0 Å². The van der Waals surface area contributed by atoms with Gasteiger partial charge in [-0.15, -0.1) is 0 Å². The Labute approximate surface area is 38.6 Å². The molecule has 1 heteroatoms. The molecule has 6 heavy (non-hydrogen) atoms. The normalized spacial score (nSPS) is 6.50. The van der Waals surface area contributed by atoms with E-state index in [0.29, 0.717) is 0 Å². The molecule has 0 aromatic carbocycles. The molecular weight excluding hydrogens is 74.1 g/mol. The first-order chi connectivity index (χ1) is 2.77. The van der Waals surface area contributed by atoms with Gasteiger partial charge in [0.1, 0.15) is 14.1 Å². The molecular formula is C5H10N+. The smallest absolute Gasteiger partial charge is 0.161 e. The van der Waals surface area contributed by atoms with Crippen molar-refractivity contribution in [1.82, 2.24) is 0 Å². The van der Waals surface area contributed by atoms with Crippen LogP contribution in [0.2, 0.25) is 0 Å². The van der Waals surface area contributed by atoms with Crippen molar-refractivity contribution >= 4 is 5.87 Å². The van der Waals surface area contributed by atoms with Gasteiger partial charge in [-0.2, -0.15) is 4.58 Å². The third-order valence-corrected chi connectivity index (χ3v) is 0.387. The minimum Gasteiger partial charge on any atom is -0.194 e. The van der Waals surface area contributed by atoms with Crippen LogP contribution in [0, 0.1) is 0 Å². The standard InChI is InChI=1S/C5H10N/c1-4-5-6(2)3/h4H,1-3H3/q+1. The monoisotopic (exact) mass is 84.1 g/mol. The lowest BCUT2D eigenvalue weighted by atomic mass is 10.7. The maximum atomic E-state index is 2.92. The molecule has 0 atom stereocenters. The molecule has 0 heterocycles. The lowest BCUT2D eigenvalue weighted by Crippen LogP contribution is -1.90. The maximum Gasteiger partial charge on any atom is 0.161 e. The fraction of sp³-hybridized carbons (Fsp3) is 0.600. The van der Waals surface area contributed by atoms with Crippen LogP contribution in [0.5, 0.6) is 0 Å². The summed E-state index contributed by atoms with van der Waals surface area (Å²) in [7, 11) is 3.89. The lowest BCUT2D eigenvalue weighted by molar-refractivity contribution is -0.456. The van der Waals surface area contributed by atoms with E-state index in [4.69, 9.17) is 0 Å². The van der Waals surface area contributed by atoms with E-state index >= 15 is 0 Å². The second kappa shape index (κ2) is 2.67. The zero-order valence-corrected chi connectivity index (χ0v) is 4.52. The minimum absolute atomic E-state index is 1.88. The van der Waals surface area contributed by atoms with E-state index < -0.39 is 0 Å². The highest BCUT2D eigenvalue weighted by atomic mass is 14.9. The fourth-order valence-corrected chi connectivity index (χ4v) is 0.258. The molecule has 0 aliphatic rings. The van der Waals surface area contributed by atoms with Gasteiger partial charge in [-0.3, -0.25) is 0 Å². The van der Waals surface area contributed by atoms with Crippen LogP contribution in [0.3, 0.4) is 0 Å². The zero-order valence-electron chi connectivity index (χ0n) is 4.52. The first-order valence-electron chi connectivity index (χ1n) is 1.98. The first kappa shape index (κ1) is 5.45. The third-order valence-electron chi connectivity index (χ3n) is 0.387.